The third kappa shape index (κ3) is 2.76. The summed E-state index contributed by atoms with van der Waals surface area (Å²) < 4.78 is 1.78. The fourth-order valence-electron chi connectivity index (χ4n) is 2.19. The largest absolute Gasteiger partial charge is 0.369 e. The van der Waals surface area contributed by atoms with Crippen LogP contribution in [0.15, 0.2) is 30.7 Å². The predicted octanol–water partition coefficient (Wildman–Crippen LogP) is 3.85. The zero-order chi connectivity index (χ0) is 15.7. The van der Waals surface area contributed by atoms with Crippen LogP contribution in [0.4, 0.5) is 5.82 Å². The Morgan fingerprint density at radius 2 is 2.09 bits per heavy atom. The highest BCUT2D eigenvalue weighted by atomic mass is 35.5. The molecule has 3 rings (SSSR count). The highest BCUT2D eigenvalue weighted by Gasteiger charge is 2.11. The molecule has 0 fully saturated rings. The Morgan fingerprint density at radius 3 is 2.82 bits per heavy atom. The summed E-state index contributed by atoms with van der Waals surface area (Å²) in [5, 5.41) is 9.40. The molecule has 5 nitrogen and oxygen atoms in total. The van der Waals surface area contributed by atoms with Gasteiger partial charge in [-0.1, -0.05) is 31.5 Å². The zero-order valence-electron chi connectivity index (χ0n) is 12.8. The van der Waals surface area contributed by atoms with E-state index in [0.717, 1.165) is 34.6 Å². The van der Waals surface area contributed by atoms with Gasteiger partial charge in [-0.15, -0.1) is 0 Å². The Morgan fingerprint density at radius 1 is 1.27 bits per heavy atom. The van der Waals surface area contributed by atoms with E-state index in [2.05, 4.69) is 34.2 Å². The Labute approximate surface area is 134 Å². The molecule has 114 valence electrons. The number of hydrogen-bond acceptors (Lipinski definition) is 4. The van der Waals surface area contributed by atoms with Gasteiger partial charge in [-0.3, -0.25) is 0 Å². The second-order valence-electron chi connectivity index (χ2n) is 5.72. The summed E-state index contributed by atoms with van der Waals surface area (Å²) >= 11 is 6.21. The number of anilines is 1. The number of nitrogens with zero attached hydrogens (tertiary/aromatic N) is 4. The van der Waals surface area contributed by atoms with Crippen molar-refractivity contribution in [2.24, 2.45) is 5.92 Å². The van der Waals surface area contributed by atoms with E-state index >= 15 is 0 Å². The molecule has 0 bridgehead atoms. The quantitative estimate of drug-likeness (QED) is 0.794. The Hall–Kier alpha value is -2.14. The summed E-state index contributed by atoms with van der Waals surface area (Å²) in [5.74, 6) is 1.35. The maximum absolute atomic E-state index is 6.21. The minimum atomic E-state index is 0.538. The Bertz CT molecular complexity index is 809. The highest BCUT2D eigenvalue weighted by molar-refractivity contribution is 6.31. The van der Waals surface area contributed by atoms with Crippen molar-refractivity contribution in [1.29, 1.82) is 0 Å². The van der Waals surface area contributed by atoms with Crippen molar-refractivity contribution < 1.29 is 0 Å². The summed E-state index contributed by atoms with van der Waals surface area (Å²) in [7, 11) is 0. The molecule has 2 heterocycles. The molecule has 0 saturated carbocycles. The first-order valence-electron chi connectivity index (χ1n) is 7.25. The summed E-state index contributed by atoms with van der Waals surface area (Å²) in [6, 6.07) is 5.86. The summed E-state index contributed by atoms with van der Waals surface area (Å²) in [6.07, 6.45) is 3.34. The SMILES string of the molecule is Cc1ccc(-n2ncc3c(NCC(C)C)ncnc32)cc1Cl. The average molecular weight is 316 g/mol. The number of hydrogen-bond donors (Lipinski definition) is 1. The number of rotatable bonds is 4. The van der Waals surface area contributed by atoms with Crippen molar-refractivity contribution in [3.05, 3.63) is 41.3 Å². The Kier molecular flexibility index (Phi) is 3.98. The number of benzene rings is 1. The molecule has 0 aliphatic heterocycles. The first-order chi connectivity index (χ1) is 10.6. The molecule has 0 unspecified atom stereocenters. The van der Waals surface area contributed by atoms with Crippen molar-refractivity contribution in [2.75, 3.05) is 11.9 Å². The lowest BCUT2D eigenvalue weighted by molar-refractivity contribution is 0.687. The van der Waals surface area contributed by atoms with E-state index in [4.69, 9.17) is 11.6 Å². The van der Waals surface area contributed by atoms with Crippen LogP contribution in [0.25, 0.3) is 16.7 Å². The van der Waals surface area contributed by atoms with E-state index in [1.54, 1.807) is 17.2 Å². The molecule has 0 spiro atoms. The number of nitrogens with one attached hydrogen (secondary N) is 1. The molecular weight excluding hydrogens is 298 g/mol. The molecule has 0 amide bonds. The van der Waals surface area contributed by atoms with E-state index in [1.165, 1.54) is 0 Å². The van der Waals surface area contributed by atoms with Crippen LogP contribution in [0.3, 0.4) is 0 Å². The smallest absolute Gasteiger partial charge is 0.168 e. The topological polar surface area (TPSA) is 55.6 Å². The third-order valence-corrected chi connectivity index (χ3v) is 3.85. The molecule has 0 aliphatic carbocycles. The lowest BCUT2D eigenvalue weighted by Gasteiger charge is -2.09. The van der Waals surface area contributed by atoms with Crippen molar-refractivity contribution in [3.63, 3.8) is 0 Å². The van der Waals surface area contributed by atoms with Crippen LogP contribution in [0.1, 0.15) is 19.4 Å². The van der Waals surface area contributed by atoms with Crippen LogP contribution >= 0.6 is 11.6 Å². The van der Waals surface area contributed by atoms with Gasteiger partial charge in [0.05, 0.1) is 17.3 Å². The monoisotopic (exact) mass is 315 g/mol. The van der Waals surface area contributed by atoms with Gasteiger partial charge in [0.25, 0.3) is 0 Å². The van der Waals surface area contributed by atoms with Gasteiger partial charge in [0, 0.05) is 11.6 Å². The molecule has 0 atom stereocenters. The molecule has 22 heavy (non-hydrogen) atoms. The first kappa shape index (κ1) is 14.8. The fraction of sp³-hybridized carbons (Fsp3) is 0.312. The molecule has 1 aromatic carbocycles. The number of halogens is 1. The van der Waals surface area contributed by atoms with Crippen molar-refractivity contribution in [1.82, 2.24) is 19.7 Å². The van der Waals surface area contributed by atoms with E-state index in [9.17, 15) is 0 Å². The van der Waals surface area contributed by atoms with Gasteiger partial charge in [0.2, 0.25) is 0 Å². The standard InChI is InChI=1S/C16H18ClN5/c1-10(2)7-18-15-13-8-21-22(16(13)20-9-19-15)12-5-4-11(3)14(17)6-12/h4-6,8-10H,7H2,1-3H3,(H,18,19,20). The van der Waals surface area contributed by atoms with Gasteiger partial charge in [0.15, 0.2) is 5.65 Å². The average Bonchev–Trinajstić information content (AvgIpc) is 2.92. The Balaban J connectivity index is 2.05. The molecule has 1 N–H and O–H groups in total. The van der Waals surface area contributed by atoms with E-state index in [-0.39, 0.29) is 0 Å². The second-order valence-corrected chi connectivity index (χ2v) is 6.13. The van der Waals surface area contributed by atoms with Gasteiger partial charge < -0.3 is 5.32 Å². The van der Waals surface area contributed by atoms with Crippen LogP contribution in [0.5, 0.6) is 0 Å². The van der Waals surface area contributed by atoms with Crippen LogP contribution in [-0.4, -0.2) is 26.3 Å². The van der Waals surface area contributed by atoms with Gasteiger partial charge in [-0.25, -0.2) is 14.6 Å². The molecule has 0 saturated heterocycles. The number of aromatic nitrogens is 4. The third-order valence-electron chi connectivity index (χ3n) is 3.44. The van der Waals surface area contributed by atoms with Crippen LogP contribution in [0.2, 0.25) is 5.02 Å². The van der Waals surface area contributed by atoms with Gasteiger partial charge in [-0.2, -0.15) is 5.10 Å². The first-order valence-corrected chi connectivity index (χ1v) is 7.63. The molecule has 0 radical (unpaired) electrons. The molecule has 3 aromatic rings. The van der Waals surface area contributed by atoms with Gasteiger partial charge in [-0.05, 0) is 30.5 Å². The van der Waals surface area contributed by atoms with Crippen molar-refractivity contribution >= 4 is 28.5 Å². The number of aryl methyl sites for hydroxylation is 1. The van der Waals surface area contributed by atoms with Crippen LogP contribution in [-0.2, 0) is 0 Å². The minimum absolute atomic E-state index is 0.538. The summed E-state index contributed by atoms with van der Waals surface area (Å²) in [4.78, 5) is 8.68. The number of fused-ring (bicyclic) bond motifs is 1. The fourth-order valence-corrected chi connectivity index (χ4v) is 2.36. The van der Waals surface area contributed by atoms with Crippen molar-refractivity contribution in [2.45, 2.75) is 20.8 Å². The lowest BCUT2D eigenvalue weighted by atomic mass is 10.2. The molecule has 6 heteroatoms. The normalized spacial score (nSPS) is 11.3. The van der Waals surface area contributed by atoms with Gasteiger partial charge >= 0.3 is 0 Å². The maximum Gasteiger partial charge on any atom is 0.168 e. The highest BCUT2D eigenvalue weighted by Crippen LogP contribution is 2.24. The van der Waals surface area contributed by atoms with Crippen LogP contribution < -0.4 is 5.32 Å². The zero-order valence-corrected chi connectivity index (χ0v) is 13.6. The maximum atomic E-state index is 6.21. The van der Waals surface area contributed by atoms with E-state index in [0.29, 0.717) is 10.9 Å². The van der Waals surface area contributed by atoms with E-state index < -0.39 is 0 Å². The second kappa shape index (κ2) is 5.93. The molecular formula is C16H18ClN5. The summed E-state index contributed by atoms with van der Waals surface area (Å²) in [5.41, 5.74) is 2.69. The lowest BCUT2D eigenvalue weighted by Crippen LogP contribution is -2.09. The van der Waals surface area contributed by atoms with E-state index in [1.807, 2.05) is 25.1 Å². The predicted molar refractivity (Wildman–Crippen MR) is 89.7 cm³/mol. The van der Waals surface area contributed by atoms with Crippen molar-refractivity contribution in [3.8, 4) is 5.69 Å². The summed E-state index contributed by atoms with van der Waals surface area (Å²) in [6.45, 7) is 7.14. The van der Waals surface area contributed by atoms with Crippen LogP contribution in [0, 0.1) is 12.8 Å². The molecule has 2 aromatic heterocycles. The van der Waals surface area contributed by atoms with Gasteiger partial charge in [0.1, 0.15) is 12.1 Å². The minimum Gasteiger partial charge on any atom is -0.369 e. The molecule has 0 aliphatic rings.